The van der Waals surface area contributed by atoms with Gasteiger partial charge in [-0.3, -0.25) is 29.4 Å². The van der Waals surface area contributed by atoms with Gasteiger partial charge in [-0.25, -0.2) is 4.98 Å². The Morgan fingerprint density at radius 2 is 1.93 bits per heavy atom. The number of hydrogen-bond donors (Lipinski definition) is 1. The number of rotatable bonds is 7. The highest BCUT2D eigenvalue weighted by molar-refractivity contribution is 7.13. The predicted molar refractivity (Wildman–Crippen MR) is 102 cm³/mol. The van der Waals surface area contributed by atoms with Crippen LogP contribution in [0.2, 0.25) is 0 Å². The molecule has 28 heavy (non-hydrogen) atoms. The smallest absolute Gasteiger partial charge is 0.306 e. The number of nitrogens with one attached hydrogen (secondary N) is 1. The molecule has 0 bridgehead atoms. The van der Waals surface area contributed by atoms with Crippen molar-refractivity contribution < 1.29 is 23.9 Å². The van der Waals surface area contributed by atoms with E-state index >= 15 is 0 Å². The van der Waals surface area contributed by atoms with Crippen LogP contribution in [-0.4, -0.2) is 46.7 Å². The highest BCUT2D eigenvalue weighted by atomic mass is 32.1. The predicted octanol–water partition coefficient (Wildman–Crippen LogP) is 2.32. The third kappa shape index (κ3) is 4.42. The summed E-state index contributed by atoms with van der Waals surface area (Å²) in [4.78, 5) is 53.4. The van der Waals surface area contributed by atoms with Gasteiger partial charge < -0.3 is 4.74 Å². The summed E-state index contributed by atoms with van der Waals surface area (Å²) in [5.74, 6) is -1.75. The van der Waals surface area contributed by atoms with E-state index in [2.05, 4.69) is 10.3 Å². The van der Waals surface area contributed by atoms with Gasteiger partial charge in [0.2, 0.25) is 0 Å². The molecule has 0 aliphatic carbocycles. The van der Waals surface area contributed by atoms with Gasteiger partial charge in [0.25, 0.3) is 17.7 Å². The molecular formula is C19H19N3O5S. The van der Waals surface area contributed by atoms with Crippen LogP contribution < -0.4 is 5.32 Å². The van der Waals surface area contributed by atoms with Crippen molar-refractivity contribution in [2.45, 2.75) is 26.7 Å². The third-order valence-electron chi connectivity index (χ3n) is 4.12. The van der Waals surface area contributed by atoms with Gasteiger partial charge in [0.05, 0.1) is 16.8 Å². The van der Waals surface area contributed by atoms with Crippen LogP contribution in [0.3, 0.4) is 0 Å². The highest BCUT2D eigenvalue weighted by Crippen LogP contribution is 2.24. The van der Waals surface area contributed by atoms with Gasteiger partial charge in [-0.2, -0.15) is 0 Å². The van der Waals surface area contributed by atoms with Crippen LogP contribution >= 0.6 is 11.3 Å². The minimum atomic E-state index is -0.571. The fourth-order valence-corrected chi connectivity index (χ4v) is 3.48. The maximum Gasteiger partial charge on any atom is 0.306 e. The topological polar surface area (TPSA) is 106 Å². The summed E-state index contributed by atoms with van der Waals surface area (Å²) in [6, 6.07) is 5.11. The molecule has 2 aromatic rings. The molecule has 1 aliphatic rings. The van der Waals surface area contributed by atoms with E-state index in [1.165, 1.54) is 11.3 Å². The Bertz CT molecular complexity index is 953. The number of anilines is 1. The van der Waals surface area contributed by atoms with Crippen molar-refractivity contribution in [3.63, 3.8) is 0 Å². The molecule has 1 aliphatic heterocycles. The fourth-order valence-electron chi connectivity index (χ4n) is 2.77. The Kier molecular flexibility index (Phi) is 5.84. The van der Waals surface area contributed by atoms with Gasteiger partial charge >= 0.3 is 5.97 Å². The van der Waals surface area contributed by atoms with Crippen LogP contribution in [0.15, 0.2) is 23.6 Å². The fraction of sp³-hybridized carbons (Fsp3) is 0.316. The first-order chi connectivity index (χ1) is 13.3. The maximum atomic E-state index is 12.4. The van der Waals surface area contributed by atoms with Gasteiger partial charge in [-0.15, -0.1) is 11.3 Å². The van der Waals surface area contributed by atoms with Crippen molar-refractivity contribution in [1.29, 1.82) is 0 Å². The largest absolute Gasteiger partial charge is 0.456 e. The zero-order valence-electron chi connectivity index (χ0n) is 15.5. The van der Waals surface area contributed by atoms with Gasteiger partial charge in [0.1, 0.15) is 0 Å². The summed E-state index contributed by atoms with van der Waals surface area (Å²) in [5, 5.41) is 4.78. The number of amides is 3. The van der Waals surface area contributed by atoms with E-state index in [1.807, 2.05) is 13.8 Å². The number of hydrogen-bond acceptors (Lipinski definition) is 7. The SMILES string of the molecule is Cc1ccc2c(c1)C(=O)N(CCCC(=O)OCC(=O)Nc1nc(C)cs1)C2=O. The number of aryl methyl sites for hydroxylation is 2. The van der Waals surface area contributed by atoms with Crippen molar-refractivity contribution >= 4 is 40.2 Å². The molecule has 1 N–H and O–H groups in total. The molecule has 0 fully saturated rings. The number of carbonyl (C=O) groups excluding carboxylic acids is 4. The molecular weight excluding hydrogens is 382 g/mol. The summed E-state index contributed by atoms with van der Waals surface area (Å²) in [5.41, 5.74) is 2.46. The van der Waals surface area contributed by atoms with E-state index in [0.29, 0.717) is 16.3 Å². The quantitative estimate of drug-likeness (QED) is 0.564. The number of benzene rings is 1. The van der Waals surface area contributed by atoms with Gasteiger partial charge in [-0.1, -0.05) is 11.6 Å². The van der Waals surface area contributed by atoms with Crippen LogP contribution in [0.25, 0.3) is 0 Å². The Morgan fingerprint density at radius 1 is 1.18 bits per heavy atom. The summed E-state index contributed by atoms with van der Waals surface area (Å²) < 4.78 is 4.92. The minimum absolute atomic E-state index is 0.00390. The molecule has 0 unspecified atom stereocenters. The highest BCUT2D eigenvalue weighted by Gasteiger charge is 2.35. The standard InChI is InChI=1S/C19H19N3O5S/c1-11-5-6-13-14(8-11)18(26)22(17(13)25)7-3-4-16(24)27-9-15(23)21-19-20-12(2)10-28-19/h5-6,8,10H,3-4,7,9H2,1-2H3,(H,20,21,23). The molecule has 9 heteroatoms. The van der Waals surface area contributed by atoms with Crippen LogP contribution in [0.4, 0.5) is 5.13 Å². The average molecular weight is 401 g/mol. The van der Waals surface area contributed by atoms with Crippen molar-refractivity contribution in [2.24, 2.45) is 0 Å². The molecule has 146 valence electrons. The number of nitrogens with zero attached hydrogens (tertiary/aromatic N) is 2. The molecule has 3 rings (SSSR count). The monoisotopic (exact) mass is 401 g/mol. The molecule has 1 aromatic carbocycles. The summed E-state index contributed by atoms with van der Waals surface area (Å²) in [6.45, 7) is 3.36. The molecule has 0 radical (unpaired) electrons. The van der Waals surface area contributed by atoms with E-state index < -0.39 is 18.5 Å². The summed E-state index contributed by atoms with van der Waals surface area (Å²) in [7, 11) is 0. The molecule has 0 atom stereocenters. The molecule has 0 saturated carbocycles. The summed E-state index contributed by atoms with van der Waals surface area (Å²) in [6.07, 6.45) is 0.257. The van der Waals surface area contributed by atoms with Gasteiger partial charge in [0, 0.05) is 18.3 Å². The van der Waals surface area contributed by atoms with Gasteiger partial charge in [0.15, 0.2) is 11.7 Å². The number of imide groups is 1. The van der Waals surface area contributed by atoms with Gasteiger partial charge in [-0.05, 0) is 32.4 Å². The van der Waals surface area contributed by atoms with Crippen LogP contribution in [0.5, 0.6) is 0 Å². The maximum absolute atomic E-state index is 12.4. The Hall–Kier alpha value is -3.07. The molecule has 8 nitrogen and oxygen atoms in total. The minimum Gasteiger partial charge on any atom is -0.456 e. The zero-order valence-corrected chi connectivity index (χ0v) is 16.3. The second-order valence-electron chi connectivity index (χ2n) is 6.42. The Morgan fingerprint density at radius 3 is 2.64 bits per heavy atom. The summed E-state index contributed by atoms with van der Waals surface area (Å²) >= 11 is 1.28. The number of carbonyl (C=O) groups is 4. The molecule has 2 heterocycles. The Balaban J connectivity index is 1.41. The second-order valence-corrected chi connectivity index (χ2v) is 7.28. The first-order valence-corrected chi connectivity index (χ1v) is 9.57. The van der Waals surface area contributed by atoms with Crippen LogP contribution in [0.1, 0.15) is 44.8 Å². The molecule has 0 spiro atoms. The third-order valence-corrected chi connectivity index (χ3v) is 4.99. The molecule has 1 aromatic heterocycles. The first-order valence-electron chi connectivity index (χ1n) is 8.69. The normalized spacial score (nSPS) is 12.9. The van der Waals surface area contributed by atoms with E-state index in [4.69, 9.17) is 4.74 Å². The number of aromatic nitrogens is 1. The lowest BCUT2D eigenvalue weighted by Crippen LogP contribution is -2.31. The van der Waals surface area contributed by atoms with Crippen molar-refractivity contribution in [1.82, 2.24) is 9.88 Å². The molecule has 3 amide bonds. The molecule has 0 saturated heterocycles. The lowest BCUT2D eigenvalue weighted by atomic mass is 10.1. The number of esters is 1. The zero-order chi connectivity index (χ0) is 20.3. The van der Waals surface area contributed by atoms with Crippen molar-refractivity contribution in [3.05, 3.63) is 46.0 Å². The lowest BCUT2D eigenvalue weighted by molar-refractivity contribution is -0.147. The van der Waals surface area contributed by atoms with Crippen LogP contribution in [-0.2, 0) is 14.3 Å². The Labute approximate surface area is 165 Å². The number of thiazole rings is 1. The van der Waals surface area contributed by atoms with Crippen LogP contribution in [0, 0.1) is 13.8 Å². The second kappa shape index (κ2) is 8.30. The van der Waals surface area contributed by atoms with E-state index in [1.54, 1.807) is 23.6 Å². The average Bonchev–Trinajstić information content (AvgIpc) is 3.16. The number of fused-ring (bicyclic) bond motifs is 1. The van der Waals surface area contributed by atoms with Crippen molar-refractivity contribution in [3.8, 4) is 0 Å². The lowest BCUT2D eigenvalue weighted by Gasteiger charge is -2.13. The number of ether oxygens (including phenoxy) is 1. The van der Waals surface area contributed by atoms with E-state index in [-0.39, 0.29) is 31.2 Å². The first kappa shape index (κ1) is 19.7. The van der Waals surface area contributed by atoms with Crippen molar-refractivity contribution in [2.75, 3.05) is 18.5 Å². The van der Waals surface area contributed by atoms with E-state index in [9.17, 15) is 19.2 Å². The van der Waals surface area contributed by atoms with E-state index in [0.717, 1.165) is 16.2 Å².